The third-order valence-electron chi connectivity index (χ3n) is 4.98. The van der Waals surface area contributed by atoms with Crippen molar-refractivity contribution in [3.8, 4) is 11.4 Å². The predicted octanol–water partition coefficient (Wildman–Crippen LogP) is 2.11. The number of hydrogen-bond acceptors (Lipinski definition) is 5. The molecule has 0 aliphatic heterocycles. The number of tetrazole rings is 1. The van der Waals surface area contributed by atoms with Gasteiger partial charge in [-0.3, -0.25) is 4.79 Å². The molecule has 1 amide bonds. The van der Waals surface area contributed by atoms with E-state index in [9.17, 15) is 4.79 Å². The number of nitrogens with zero attached hydrogens (tertiary/aromatic N) is 5. The van der Waals surface area contributed by atoms with Crippen LogP contribution in [0.15, 0.2) is 30.3 Å². The maximum absolute atomic E-state index is 12.1. The lowest BCUT2D eigenvalue weighted by molar-refractivity contribution is -0.122. The highest BCUT2D eigenvalue weighted by atomic mass is 16.2. The molecule has 1 N–H and O–H groups in total. The van der Waals surface area contributed by atoms with E-state index < -0.39 is 0 Å². The Labute approximate surface area is 154 Å². The second-order valence-electron chi connectivity index (χ2n) is 6.99. The van der Waals surface area contributed by atoms with Gasteiger partial charge in [0.25, 0.3) is 0 Å². The lowest BCUT2D eigenvalue weighted by Gasteiger charge is -2.31. The first-order valence-electron chi connectivity index (χ1n) is 9.52. The Hall–Kier alpha value is -2.28. The van der Waals surface area contributed by atoms with Gasteiger partial charge < -0.3 is 10.2 Å². The van der Waals surface area contributed by atoms with Crippen LogP contribution in [0.2, 0.25) is 0 Å². The Bertz CT molecular complexity index is 680. The number of amides is 1. The number of carbonyl (C=O) groups excluding carboxylic acids is 1. The van der Waals surface area contributed by atoms with Crippen molar-refractivity contribution in [2.24, 2.45) is 0 Å². The number of rotatable bonds is 8. The second kappa shape index (κ2) is 9.43. The molecule has 140 valence electrons. The SMILES string of the molecule is CN(CCCNC(=O)Cn1nnc(-c2ccccc2)n1)C1CCCCC1. The molecule has 1 aromatic heterocycles. The van der Waals surface area contributed by atoms with E-state index in [-0.39, 0.29) is 12.5 Å². The van der Waals surface area contributed by atoms with Crippen LogP contribution < -0.4 is 5.32 Å². The van der Waals surface area contributed by atoms with E-state index in [1.54, 1.807) is 0 Å². The van der Waals surface area contributed by atoms with Crippen molar-refractivity contribution in [2.75, 3.05) is 20.1 Å². The van der Waals surface area contributed by atoms with Crippen LogP contribution in [-0.4, -0.2) is 57.2 Å². The van der Waals surface area contributed by atoms with Crippen molar-refractivity contribution in [1.82, 2.24) is 30.4 Å². The maximum atomic E-state index is 12.1. The van der Waals surface area contributed by atoms with Crippen molar-refractivity contribution in [2.45, 2.75) is 51.1 Å². The van der Waals surface area contributed by atoms with Crippen LogP contribution in [0.4, 0.5) is 0 Å². The molecule has 1 aliphatic rings. The van der Waals surface area contributed by atoms with Crippen molar-refractivity contribution in [1.29, 1.82) is 0 Å². The molecule has 3 rings (SSSR count). The molecule has 0 atom stereocenters. The molecule has 1 fully saturated rings. The number of hydrogen-bond donors (Lipinski definition) is 1. The van der Waals surface area contributed by atoms with Crippen LogP contribution in [0.1, 0.15) is 38.5 Å². The van der Waals surface area contributed by atoms with E-state index in [0.29, 0.717) is 12.4 Å². The summed E-state index contributed by atoms with van der Waals surface area (Å²) in [7, 11) is 2.20. The van der Waals surface area contributed by atoms with E-state index >= 15 is 0 Å². The summed E-state index contributed by atoms with van der Waals surface area (Å²) >= 11 is 0. The van der Waals surface area contributed by atoms with Gasteiger partial charge in [0, 0.05) is 18.2 Å². The van der Waals surface area contributed by atoms with Crippen molar-refractivity contribution >= 4 is 5.91 Å². The summed E-state index contributed by atoms with van der Waals surface area (Å²) in [6.07, 6.45) is 7.65. The molecular formula is C19H28N6O. The van der Waals surface area contributed by atoms with E-state index in [2.05, 4.69) is 32.7 Å². The molecule has 1 aromatic carbocycles. The minimum absolute atomic E-state index is 0.0812. The van der Waals surface area contributed by atoms with Gasteiger partial charge in [0.15, 0.2) is 0 Å². The largest absolute Gasteiger partial charge is 0.354 e. The Balaban J connectivity index is 1.36. The summed E-state index contributed by atoms with van der Waals surface area (Å²) in [5.74, 6) is 0.454. The summed E-state index contributed by atoms with van der Waals surface area (Å²) in [5.41, 5.74) is 0.893. The van der Waals surface area contributed by atoms with E-state index in [0.717, 1.165) is 24.6 Å². The molecule has 0 radical (unpaired) electrons. The zero-order valence-corrected chi connectivity index (χ0v) is 15.5. The molecule has 2 aromatic rings. The third-order valence-corrected chi connectivity index (χ3v) is 4.98. The fraction of sp³-hybridized carbons (Fsp3) is 0.579. The highest BCUT2D eigenvalue weighted by molar-refractivity contribution is 5.75. The molecular weight excluding hydrogens is 328 g/mol. The molecule has 7 nitrogen and oxygen atoms in total. The normalized spacial score (nSPS) is 15.3. The van der Waals surface area contributed by atoms with Crippen LogP contribution >= 0.6 is 0 Å². The average Bonchev–Trinajstić information content (AvgIpc) is 3.15. The van der Waals surface area contributed by atoms with Crippen LogP contribution in [0.3, 0.4) is 0 Å². The first kappa shape index (κ1) is 18.5. The maximum Gasteiger partial charge on any atom is 0.243 e. The number of benzene rings is 1. The van der Waals surface area contributed by atoms with E-state index in [1.165, 1.54) is 36.9 Å². The van der Waals surface area contributed by atoms with Gasteiger partial charge in [-0.1, -0.05) is 49.6 Å². The molecule has 0 bridgehead atoms. The highest BCUT2D eigenvalue weighted by Crippen LogP contribution is 2.21. The van der Waals surface area contributed by atoms with Crippen LogP contribution in [0, 0.1) is 0 Å². The quantitative estimate of drug-likeness (QED) is 0.733. The molecule has 0 saturated heterocycles. The fourth-order valence-electron chi connectivity index (χ4n) is 3.46. The third kappa shape index (κ3) is 5.36. The zero-order chi connectivity index (χ0) is 18.2. The monoisotopic (exact) mass is 356 g/mol. The van der Waals surface area contributed by atoms with Gasteiger partial charge >= 0.3 is 0 Å². The van der Waals surface area contributed by atoms with Gasteiger partial charge in [-0.05, 0) is 38.1 Å². The van der Waals surface area contributed by atoms with Gasteiger partial charge in [0.2, 0.25) is 11.7 Å². The highest BCUT2D eigenvalue weighted by Gasteiger charge is 2.17. The van der Waals surface area contributed by atoms with Crippen LogP contribution in [-0.2, 0) is 11.3 Å². The van der Waals surface area contributed by atoms with Crippen LogP contribution in [0.25, 0.3) is 11.4 Å². The summed E-state index contributed by atoms with van der Waals surface area (Å²) in [6, 6.07) is 10.3. The lowest BCUT2D eigenvalue weighted by Crippen LogP contribution is -2.36. The summed E-state index contributed by atoms with van der Waals surface area (Å²) in [4.78, 5) is 15.8. The molecule has 1 heterocycles. The minimum Gasteiger partial charge on any atom is -0.354 e. The van der Waals surface area contributed by atoms with E-state index in [4.69, 9.17) is 0 Å². The number of nitrogens with one attached hydrogen (secondary N) is 1. The number of aromatic nitrogens is 4. The van der Waals surface area contributed by atoms with Crippen molar-refractivity contribution < 1.29 is 4.79 Å². The molecule has 0 unspecified atom stereocenters. The standard InChI is InChI=1S/C19H28N6O/c1-24(17-11-6-3-7-12-17)14-8-13-20-18(26)15-25-22-19(21-23-25)16-9-4-2-5-10-16/h2,4-5,9-10,17H,3,6-8,11-15H2,1H3,(H,20,26). The van der Waals surface area contributed by atoms with Gasteiger partial charge in [0.1, 0.15) is 6.54 Å². The van der Waals surface area contributed by atoms with Crippen molar-refractivity contribution in [3.05, 3.63) is 30.3 Å². The Morgan fingerprint density at radius 2 is 2.00 bits per heavy atom. The summed E-state index contributed by atoms with van der Waals surface area (Å²) in [5, 5.41) is 15.2. The summed E-state index contributed by atoms with van der Waals surface area (Å²) < 4.78 is 0. The molecule has 1 aliphatic carbocycles. The average molecular weight is 356 g/mol. The molecule has 1 saturated carbocycles. The van der Waals surface area contributed by atoms with E-state index in [1.807, 2.05) is 30.3 Å². The fourth-order valence-corrected chi connectivity index (χ4v) is 3.46. The summed E-state index contributed by atoms with van der Waals surface area (Å²) in [6.45, 7) is 1.79. The Kier molecular flexibility index (Phi) is 6.71. The first-order valence-corrected chi connectivity index (χ1v) is 9.52. The first-order chi connectivity index (χ1) is 12.7. The Morgan fingerprint density at radius 1 is 1.23 bits per heavy atom. The van der Waals surface area contributed by atoms with Gasteiger partial charge in [-0.15, -0.1) is 10.2 Å². The zero-order valence-electron chi connectivity index (χ0n) is 15.5. The topological polar surface area (TPSA) is 75.9 Å². The molecule has 7 heteroatoms. The Morgan fingerprint density at radius 3 is 2.77 bits per heavy atom. The van der Waals surface area contributed by atoms with Gasteiger partial charge in [-0.2, -0.15) is 4.80 Å². The smallest absolute Gasteiger partial charge is 0.243 e. The second-order valence-corrected chi connectivity index (χ2v) is 6.99. The van der Waals surface area contributed by atoms with Crippen LogP contribution in [0.5, 0.6) is 0 Å². The minimum atomic E-state index is -0.0812. The van der Waals surface area contributed by atoms with Gasteiger partial charge in [-0.25, -0.2) is 0 Å². The number of carbonyl (C=O) groups is 1. The van der Waals surface area contributed by atoms with Crippen molar-refractivity contribution in [3.63, 3.8) is 0 Å². The van der Waals surface area contributed by atoms with Gasteiger partial charge in [0.05, 0.1) is 0 Å². The molecule has 0 spiro atoms. The lowest BCUT2D eigenvalue weighted by atomic mass is 9.94. The molecule has 26 heavy (non-hydrogen) atoms. The predicted molar refractivity (Wildman–Crippen MR) is 100 cm³/mol.